The molecule has 0 aromatic heterocycles. The van der Waals surface area contributed by atoms with E-state index in [2.05, 4.69) is 0 Å². The van der Waals surface area contributed by atoms with E-state index in [4.69, 9.17) is 25.8 Å². The summed E-state index contributed by atoms with van der Waals surface area (Å²) in [6, 6.07) is 12.2. The molecule has 3 rings (SSSR count). The van der Waals surface area contributed by atoms with Gasteiger partial charge in [-0.3, -0.25) is 4.79 Å². The molecular formula is C21H24ClNO5. The Hall–Kier alpha value is -2.44. The first-order valence-corrected chi connectivity index (χ1v) is 9.41. The van der Waals surface area contributed by atoms with Crippen molar-refractivity contribution in [1.29, 1.82) is 0 Å². The summed E-state index contributed by atoms with van der Waals surface area (Å²) in [7, 11) is 1.54. The number of hydrogen-bond donors (Lipinski definition) is 1. The van der Waals surface area contributed by atoms with Crippen molar-refractivity contribution in [1.82, 2.24) is 0 Å². The maximum absolute atomic E-state index is 12.8. The smallest absolute Gasteiger partial charge is 0.268 e. The van der Waals surface area contributed by atoms with Gasteiger partial charge in [-0.1, -0.05) is 11.6 Å². The molecule has 7 heteroatoms. The highest BCUT2D eigenvalue weighted by atomic mass is 35.5. The molecule has 2 aromatic carbocycles. The van der Waals surface area contributed by atoms with E-state index in [0.717, 1.165) is 0 Å². The maximum atomic E-state index is 12.8. The largest absolute Gasteiger partial charge is 0.493 e. The van der Waals surface area contributed by atoms with E-state index >= 15 is 0 Å². The van der Waals surface area contributed by atoms with Crippen LogP contribution in [0, 0.1) is 0 Å². The van der Waals surface area contributed by atoms with E-state index in [1.165, 1.54) is 7.11 Å². The number of ether oxygens (including phenoxy) is 3. The highest BCUT2D eigenvalue weighted by Crippen LogP contribution is 2.34. The third-order valence-corrected chi connectivity index (χ3v) is 4.54. The Morgan fingerprint density at radius 2 is 1.89 bits per heavy atom. The van der Waals surface area contributed by atoms with Crippen LogP contribution in [0.5, 0.6) is 17.2 Å². The molecule has 0 radical (unpaired) electrons. The minimum atomic E-state index is -0.958. The van der Waals surface area contributed by atoms with Crippen molar-refractivity contribution in [3.05, 3.63) is 47.5 Å². The Bertz CT molecular complexity index is 832. The summed E-state index contributed by atoms with van der Waals surface area (Å²) in [6.45, 7) is 4.00. The molecule has 1 amide bonds. The summed E-state index contributed by atoms with van der Waals surface area (Å²) in [4.78, 5) is 14.5. The van der Waals surface area contributed by atoms with Gasteiger partial charge in [0.25, 0.3) is 5.91 Å². The van der Waals surface area contributed by atoms with E-state index in [-0.39, 0.29) is 12.5 Å². The van der Waals surface area contributed by atoms with Gasteiger partial charge in [-0.05, 0) is 50.2 Å². The topological polar surface area (TPSA) is 68.2 Å². The molecule has 6 nitrogen and oxygen atoms in total. The van der Waals surface area contributed by atoms with Gasteiger partial charge in [0.05, 0.1) is 12.7 Å². The number of carbonyl (C=O) groups is 1. The molecule has 28 heavy (non-hydrogen) atoms. The zero-order valence-corrected chi connectivity index (χ0v) is 16.9. The van der Waals surface area contributed by atoms with Gasteiger partial charge in [0.15, 0.2) is 17.6 Å². The second-order valence-electron chi connectivity index (χ2n) is 7.28. The van der Waals surface area contributed by atoms with Crippen molar-refractivity contribution in [3.63, 3.8) is 0 Å². The summed E-state index contributed by atoms with van der Waals surface area (Å²) in [5, 5.41) is 10.4. The Kier molecular flexibility index (Phi) is 6.01. The number of amides is 1. The molecule has 1 N–H and O–H groups in total. The van der Waals surface area contributed by atoms with Crippen LogP contribution in [0.4, 0.5) is 5.69 Å². The summed E-state index contributed by atoms with van der Waals surface area (Å²) < 4.78 is 16.8. The third kappa shape index (κ3) is 4.88. The average Bonchev–Trinajstić information content (AvgIpc) is 3.01. The molecule has 2 aromatic rings. The summed E-state index contributed by atoms with van der Waals surface area (Å²) in [6.07, 6.45) is 0.0408. The van der Waals surface area contributed by atoms with Crippen molar-refractivity contribution in [3.8, 4) is 17.2 Å². The van der Waals surface area contributed by atoms with E-state index < -0.39 is 11.7 Å². The Morgan fingerprint density at radius 1 is 1.18 bits per heavy atom. The number of nitrogens with zero attached hydrogens (tertiary/aromatic N) is 1. The molecule has 1 heterocycles. The van der Waals surface area contributed by atoms with Crippen molar-refractivity contribution < 1.29 is 24.1 Å². The Morgan fingerprint density at radius 3 is 2.54 bits per heavy atom. The number of benzene rings is 2. The van der Waals surface area contributed by atoms with Crippen LogP contribution < -0.4 is 19.1 Å². The molecule has 1 aliphatic heterocycles. The fourth-order valence-electron chi connectivity index (χ4n) is 2.89. The standard InChI is InChI=1S/C21H24ClNO5/c1-21(2,25)13-27-17-9-6-15(12-19(17)26-3)23-11-10-18(20(23)24)28-16-7-4-14(22)5-8-16/h4-9,12,18,25H,10-11,13H2,1-3H3. The number of rotatable bonds is 7. The fourth-order valence-corrected chi connectivity index (χ4v) is 3.02. The van der Waals surface area contributed by atoms with Crippen LogP contribution in [0.3, 0.4) is 0 Å². The molecule has 0 spiro atoms. The van der Waals surface area contributed by atoms with E-state index in [1.807, 2.05) is 0 Å². The van der Waals surface area contributed by atoms with Crippen molar-refractivity contribution in [2.45, 2.75) is 32.0 Å². The summed E-state index contributed by atoms with van der Waals surface area (Å²) >= 11 is 5.88. The molecule has 150 valence electrons. The van der Waals surface area contributed by atoms with E-state index in [9.17, 15) is 9.90 Å². The second-order valence-corrected chi connectivity index (χ2v) is 7.71. The van der Waals surface area contributed by atoms with Crippen LogP contribution in [0.2, 0.25) is 5.02 Å². The minimum Gasteiger partial charge on any atom is -0.493 e. The zero-order valence-electron chi connectivity index (χ0n) is 16.1. The molecule has 0 aliphatic carbocycles. The molecule has 1 fully saturated rings. The van der Waals surface area contributed by atoms with Crippen molar-refractivity contribution in [2.75, 3.05) is 25.2 Å². The molecule has 1 saturated heterocycles. The SMILES string of the molecule is COc1cc(N2CCC(Oc3ccc(Cl)cc3)C2=O)ccc1OCC(C)(C)O. The van der Waals surface area contributed by atoms with Crippen LogP contribution in [0.25, 0.3) is 0 Å². The van der Waals surface area contributed by atoms with E-state index in [1.54, 1.807) is 61.2 Å². The summed E-state index contributed by atoms with van der Waals surface area (Å²) in [5.41, 5.74) is -0.249. The number of halogens is 1. The van der Waals surface area contributed by atoms with Crippen LogP contribution in [-0.2, 0) is 4.79 Å². The van der Waals surface area contributed by atoms with Crippen LogP contribution in [-0.4, -0.2) is 43.0 Å². The first-order chi connectivity index (χ1) is 13.3. The molecule has 1 unspecified atom stereocenters. The van der Waals surface area contributed by atoms with Crippen LogP contribution in [0.1, 0.15) is 20.3 Å². The lowest BCUT2D eigenvalue weighted by Crippen LogP contribution is -2.32. The fraction of sp³-hybridized carbons (Fsp3) is 0.381. The lowest BCUT2D eigenvalue weighted by molar-refractivity contribution is -0.122. The molecule has 1 atom stereocenters. The van der Waals surface area contributed by atoms with E-state index in [0.29, 0.717) is 40.9 Å². The van der Waals surface area contributed by atoms with Crippen molar-refractivity contribution >= 4 is 23.2 Å². The lowest BCUT2D eigenvalue weighted by atomic mass is 10.2. The second kappa shape index (κ2) is 8.29. The molecule has 0 bridgehead atoms. The maximum Gasteiger partial charge on any atom is 0.268 e. The van der Waals surface area contributed by atoms with Gasteiger partial charge >= 0.3 is 0 Å². The number of aliphatic hydroxyl groups is 1. The number of anilines is 1. The highest BCUT2D eigenvalue weighted by molar-refractivity contribution is 6.30. The van der Waals surface area contributed by atoms with Crippen LogP contribution in [0.15, 0.2) is 42.5 Å². The van der Waals surface area contributed by atoms with Gasteiger partial charge in [-0.25, -0.2) is 0 Å². The number of carbonyl (C=O) groups excluding carboxylic acids is 1. The monoisotopic (exact) mass is 405 g/mol. The van der Waals surface area contributed by atoms with Gasteiger partial charge in [0, 0.05) is 29.7 Å². The van der Waals surface area contributed by atoms with Crippen LogP contribution >= 0.6 is 11.6 Å². The van der Waals surface area contributed by atoms with Gasteiger partial charge in [-0.15, -0.1) is 0 Å². The first kappa shape index (κ1) is 20.3. The highest BCUT2D eigenvalue weighted by Gasteiger charge is 2.34. The number of hydrogen-bond acceptors (Lipinski definition) is 5. The van der Waals surface area contributed by atoms with Gasteiger partial charge in [0.2, 0.25) is 0 Å². The van der Waals surface area contributed by atoms with Crippen molar-refractivity contribution in [2.24, 2.45) is 0 Å². The average molecular weight is 406 g/mol. The predicted octanol–water partition coefficient (Wildman–Crippen LogP) is 3.68. The third-order valence-electron chi connectivity index (χ3n) is 4.29. The van der Waals surface area contributed by atoms with Gasteiger partial charge in [-0.2, -0.15) is 0 Å². The summed E-state index contributed by atoms with van der Waals surface area (Å²) in [5.74, 6) is 1.50. The molecule has 0 saturated carbocycles. The quantitative estimate of drug-likeness (QED) is 0.761. The first-order valence-electron chi connectivity index (χ1n) is 9.04. The zero-order chi connectivity index (χ0) is 20.3. The van der Waals surface area contributed by atoms with Gasteiger partial charge in [0.1, 0.15) is 12.4 Å². The Balaban J connectivity index is 1.71. The molecule has 1 aliphatic rings. The normalized spacial score (nSPS) is 17.0. The predicted molar refractivity (Wildman–Crippen MR) is 108 cm³/mol. The minimum absolute atomic E-state index is 0.109. The molecular weight excluding hydrogens is 382 g/mol. The number of methoxy groups -OCH3 is 1. The Labute approximate surface area is 169 Å². The van der Waals surface area contributed by atoms with Gasteiger partial charge < -0.3 is 24.2 Å². The lowest BCUT2D eigenvalue weighted by Gasteiger charge is -2.21.